The maximum absolute atomic E-state index is 12.2. The summed E-state index contributed by atoms with van der Waals surface area (Å²) in [6.45, 7) is 1.16. The standard InChI is InChI=1S/C18H17N3O3/c19-12-13-3-5-14(6-4-13)17(22)20-15-7-9-21(10-8-15)18(23)16-2-1-11-24-16/h1-6,11,15H,7-10H2,(H,20,22). The van der Waals surface area contributed by atoms with E-state index in [0.29, 0.717) is 42.8 Å². The monoisotopic (exact) mass is 323 g/mol. The first kappa shape index (κ1) is 15.8. The molecule has 6 nitrogen and oxygen atoms in total. The molecule has 2 heterocycles. The molecule has 1 aliphatic heterocycles. The third-order valence-corrected chi connectivity index (χ3v) is 4.13. The minimum atomic E-state index is -0.157. The molecule has 1 aromatic heterocycles. The lowest BCUT2D eigenvalue weighted by molar-refractivity contribution is 0.0667. The zero-order chi connectivity index (χ0) is 16.9. The molecule has 2 aromatic rings. The molecule has 1 N–H and O–H groups in total. The number of piperidine rings is 1. The minimum Gasteiger partial charge on any atom is -0.459 e. The molecule has 0 radical (unpaired) electrons. The van der Waals surface area contributed by atoms with Gasteiger partial charge in [0.05, 0.1) is 17.9 Å². The van der Waals surface area contributed by atoms with Crippen molar-refractivity contribution >= 4 is 11.8 Å². The molecular weight excluding hydrogens is 306 g/mol. The summed E-state index contributed by atoms with van der Waals surface area (Å²) in [5.74, 6) is 0.0715. The highest BCUT2D eigenvalue weighted by Gasteiger charge is 2.25. The van der Waals surface area contributed by atoms with E-state index in [1.165, 1.54) is 6.26 Å². The number of carbonyl (C=O) groups excluding carboxylic acids is 2. The third kappa shape index (κ3) is 3.46. The zero-order valence-corrected chi connectivity index (χ0v) is 13.1. The average molecular weight is 323 g/mol. The Hall–Kier alpha value is -3.07. The van der Waals surface area contributed by atoms with Gasteiger partial charge in [0.1, 0.15) is 0 Å². The third-order valence-electron chi connectivity index (χ3n) is 4.13. The van der Waals surface area contributed by atoms with Gasteiger partial charge in [-0.25, -0.2) is 0 Å². The van der Waals surface area contributed by atoms with Gasteiger partial charge in [0.2, 0.25) is 0 Å². The summed E-state index contributed by atoms with van der Waals surface area (Å²) in [7, 11) is 0. The molecule has 0 saturated carbocycles. The number of nitriles is 1. The van der Waals surface area contributed by atoms with E-state index in [-0.39, 0.29) is 17.9 Å². The summed E-state index contributed by atoms with van der Waals surface area (Å²) in [6.07, 6.45) is 2.89. The van der Waals surface area contributed by atoms with Crippen LogP contribution in [0.4, 0.5) is 0 Å². The maximum Gasteiger partial charge on any atom is 0.289 e. The molecule has 1 aliphatic rings. The number of hydrogen-bond donors (Lipinski definition) is 1. The Bertz CT molecular complexity index is 752. The number of nitrogens with one attached hydrogen (secondary N) is 1. The fraction of sp³-hybridized carbons (Fsp3) is 0.278. The Morgan fingerprint density at radius 1 is 1.17 bits per heavy atom. The highest BCUT2D eigenvalue weighted by atomic mass is 16.3. The smallest absolute Gasteiger partial charge is 0.289 e. The second kappa shape index (κ2) is 7.01. The molecule has 0 unspecified atom stereocenters. The van der Waals surface area contributed by atoms with Gasteiger partial charge in [0.15, 0.2) is 5.76 Å². The van der Waals surface area contributed by atoms with Gasteiger partial charge in [-0.1, -0.05) is 0 Å². The van der Waals surface area contributed by atoms with Crippen LogP contribution in [0.5, 0.6) is 0 Å². The van der Waals surface area contributed by atoms with Crippen LogP contribution >= 0.6 is 0 Å². The highest BCUT2D eigenvalue weighted by molar-refractivity contribution is 5.94. The second-order valence-corrected chi connectivity index (χ2v) is 5.71. The Morgan fingerprint density at radius 3 is 2.46 bits per heavy atom. The van der Waals surface area contributed by atoms with Crippen LogP contribution in [-0.2, 0) is 0 Å². The molecular formula is C18H17N3O3. The molecule has 1 aromatic carbocycles. The molecule has 0 bridgehead atoms. The molecule has 24 heavy (non-hydrogen) atoms. The normalized spacial score (nSPS) is 14.9. The first-order valence-corrected chi connectivity index (χ1v) is 7.81. The number of likely N-dealkylation sites (tertiary alicyclic amines) is 1. The van der Waals surface area contributed by atoms with Crippen LogP contribution in [0.25, 0.3) is 0 Å². The molecule has 1 fully saturated rings. The molecule has 3 rings (SSSR count). The highest BCUT2D eigenvalue weighted by Crippen LogP contribution is 2.15. The number of furan rings is 1. The number of amides is 2. The van der Waals surface area contributed by atoms with Crippen LogP contribution in [0.3, 0.4) is 0 Å². The van der Waals surface area contributed by atoms with E-state index in [1.807, 2.05) is 6.07 Å². The average Bonchev–Trinajstić information content (AvgIpc) is 3.16. The number of hydrogen-bond acceptors (Lipinski definition) is 4. The summed E-state index contributed by atoms with van der Waals surface area (Å²) < 4.78 is 5.13. The SMILES string of the molecule is N#Cc1ccc(C(=O)NC2CCN(C(=O)c3ccco3)CC2)cc1. The van der Waals surface area contributed by atoms with E-state index < -0.39 is 0 Å². The second-order valence-electron chi connectivity index (χ2n) is 5.71. The predicted molar refractivity (Wildman–Crippen MR) is 86.3 cm³/mol. The van der Waals surface area contributed by atoms with Crippen LogP contribution < -0.4 is 5.32 Å². The summed E-state index contributed by atoms with van der Waals surface area (Å²) in [5, 5.41) is 11.8. The van der Waals surface area contributed by atoms with Crippen molar-refractivity contribution in [2.24, 2.45) is 0 Å². The first-order valence-electron chi connectivity index (χ1n) is 7.81. The topological polar surface area (TPSA) is 86.3 Å². The lowest BCUT2D eigenvalue weighted by atomic mass is 10.0. The predicted octanol–water partition coefficient (Wildman–Crippen LogP) is 2.19. The minimum absolute atomic E-state index is 0.0359. The van der Waals surface area contributed by atoms with Gasteiger partial charge in [0, 0.05) is 24.7 Å². The van der Waals surface area contributed by atoms with E-state index in [2.05, 4.69) is 5.32 Å². The number of rotatable bonds is 3. The molecule has 6 heteroatoms. The summed E-state index contributed by atoms with van der Waals surface area (Å²) in [5.41, 5.74) is 1.05. The van der Waals surface area contributed by atoms with Crippen LogP contribution in [0.1, 0.15) is 39.3 Å². The number of nitrogens with zero attached hydrogens (tertiary/aromatic N) is 2. The van der Waals surface area contributed by atoms with E-state index in [0.717, 1.165) is 0 Å². The molecule has 122 valence electrons. The molecule has 0 aliphatic carbocycles. The molecule has 0 spiro atoms. The largest absolute Gasteiger partial charge is 0.459 e. The van der Waals surface area contributed by atoms with Crippen LogP contribution in [0, 0.1) is 11.3 Å². The van der Waals surface area contributed by atoms with E-state index >= 15 is 0 Å². The first-order chi connectivity index (χ1) is 11.7. The van der Waals surface area contributed by atoms with E-state index in [1.54, 1.807) is 41.3 Å². The number of carbonyl (C=O) groups is 2. The summed E-state index contributed by atoms with van der Waals surface area (Å²) in [6, 6.07) is 11.9. The zero-order valence-electron chi connectivity index (χ0n) is 13.1. The van der Waals surface area contributed by atoms with Crippen molar-refractivity contribution in [3.05, 3.63) is 59.5 Å². The maximum atomic E-state index is 12.2. The van der Waals surface area contributed by atoms with Crippen molar-refractivity contribution in [3.8, 4) is 6.07 Å². The Morgan fingerprint density at radius 2 is 1.88 bits per heavy atom. The molecule has 1 saturated heterocycles. The van der Waals surface area contributed by atoms with Crippen molar-refractivity contribution in [2.45, 2.75) is 18.9 Å². The van der Waals surface area contributed by atoms with Gasteiger partial charge in [-0.2, -0.15) is 5.26 Å². The van der Waals surface area contributed by atoms with Crippen molar-refractivity contribution in [2.75, 3.05) is 13.1 Å². The van der Waals surface area contributed by atoms with Crippen molar-refractivity contribution in [3.63, 3.8) is 0 Å². The van der Waals surface area contributed by atoms with E-state index in [4.69, 9.17) is 9.68 Å². The van der Waals surface area contributed by atoms with Gasteiger partial charge in [-0.3, -0.25) is 9.59 Å². The fourth-order valence-corrected chi connectivity index (χ4v) is 2.75. The summed E-state index contributed by atoms with van der Waals surface area (Å²) >= 11 is 0. The van der Waals surface area contributed by atoms with Crippen LogP contribution in [-0.4, -0.2) is 35.8 Å². The van der Waals surface area contributed by atoms with Gasteiger partial charge in [0.25, 0.3) is 11.8 Å². The van der Waals surface area contributed by atoms with Crippen molar-refractivity contribution in [1.29, 1.82) is 5.26 Å². The number of benzene rings is 1. The lowest BCUT2D eigenvalue weighted by Gasteiger charge is -2.31. The van der Waals surface area contributed by atoms with Crippen LogP contribution in [0.2, 0.25) is 0 Å². The fourth-order valence-electron chi connectivity index (χ4n) is 2.75. The van der Waals surface area contributed by atoms with Crippen LogP contribution in [0.15, 0.2) is 47.1 Å². The van der Waals surface area contributed by atoms with Gasteiger partial charge < -0.3 is 14.6 Å². The van der Waals surface area contributed by atoms with Gasteiger partial charge in [-0.05, 0) is 49.2 Å². The summed E-state index contributed by atoms with van der Waals surface area (Å²) in [4.78, 5) is 26.2. The lowest BCUT2D eigenvalue weighted by Crippen LogP contribution is -2.46. The van der Waals surface area contributed by atoms with Gasteiger partial charge >= 0.3 is 0 Å². The molecule has 0 atom stereocenters. The van der Waals surface area contributed by atoms with E-state index in [9.17, 15) is 9.59 Å². The van der Waals surface area contributed by atoms with Crippen molar-refractivity contribution < 1.29 is 14.0 Å². The Kier molecular flexibility index (Phi) is 4.62. The Balaban J connectivity index is 1.52. The molecule has 2 amide bonds. The quantitative estimate of drug-likeness (QED) is 0.938. The van der Waals surface area contributed by atoms with Gasteiger partial charge in [-0.15, -0.1) is 0 Å². The Labute approximate surface area is 139 Å². The van der Waals surface area contributed by atoms with Crippen molar-refractivity contribution in [1.82, 2.24) is 10.2 Å².